The van der Waals surface area contributed by atoms with Crippen molar-refractivity contribution in [2.75, 3.05) is 18.4 Å². The van der Waals surface area contributed by atoms with Crippen LogP contribution >= 0.6 is 11.3 Å². The lowest BCUT2D eigenvalue weighted by Gasteiger charge is -2.32. The molecule has 0 bridgehead atoms. The van der Waals surface area contributed by atoms with Gasteiger partial charge in [0.2, 0.25) is 5.91 Å². The Morgan fingerprint density at radius 1 is 1.13 bits per heavy atom. The van der Waals surface area contributed by atoms with Crippen molar-refractivity contribution in [3.8, 4) is 0 Å². The summed E-state index contributed by atoms with van der Waals surface area (Å²) >= 11 is 1.10. The van der Waals surface area contributed by atoms with Gasteiger partial charge in [-0.15, -0.1) is 11.3 Å². The van der Waals surface area contributed by atoms with Crippen LogP contribution in [0.5, 0.6) is 0 Å². The average molecular weight is 557 g/mol. The summed E-state index contributed by atoms with van der Waals surface area (Å²) in [5.41, 5.74) is 8.18. The van der Waals surface area contributed by atoms with Crippen molar-refractivity contribution in [2.45, 2.75) is 55.7 Å². The Bertz CT molecular complexity index is 1450. The Kier molecular flexibility index (Phi) is 7.91. The van der Waals surface area contributed by atoms with Gasteiger partial charge in [-0.2, -0.15) is 4.31 Å². The van der Waals surface area contributed by atoms with E-state index < -0.39 is 20.9 Å². The molecule has 9 nitrogen and oxygen atoms in total. The molecule has 2 heterocycles. The van der Waals surface area contributed by atoms with Crippen LogP contribution in [0.2, 0.25) is 0 Å². The molecule has 1 saturated heterocycles. The second-order valence-corrected chi connectivity index (χ2v) is 13.8. The van der Waals surface area contributed by atoms with E-state index in [0.717, 1.165) is 17.0 Å². The van der Waals surface area contributed by atoms with Crippen LogP contribution in [0.4, 0.5) is 11.4 Å². The molecule has 1 fully saturated rings. The normalized spacial score (nSPS) is 15.3. The van der Waals surface area contributed by atoms with Crippen molar-refractivity contribution >= 4 is 38.6 Å². The number of nitrogens with two attached hydrogens (primary N) is 1. The van der Waals surface area contributed by atoms with Gasteiger partial charge in [-0.3, -0.25) is 14.9 Å². The van der Waals surface area contributed by atoms with Gasteiger partial charge in [0.1, 0.15) is 4.21 Å². The minimum absolute atomic E-state index is 0.0470. The number of thiophene rings is 1. The zero-order chi connectivity index (χ0) is 27.7. The quantitative estimate of drug-likeness (QED) is 0.299. The number of non-ortho nitro benzene ring substituents is 1. The number of sulfonamides is 1. The molecule has 0 unspecified atom stereocenters. The molecule has 3 aromatic rings. The van der Waals surface area contributed by atoms with Gasteiger partial charge in [0.15, 0.2) is 0 Å². The summed E-state index contributed by atoms with van der Waals surface area (Å²) in [5.74, 6) is -0.694. The van der Waals surface area contributed by atoms with E-state index in [1.54, 1.807) is 12.1 Å². The number of nitro benzene ring substituents is 1. The van der Waals surface area contributed by atoms with Gasteiger partial charge in [-0.1, -0.05) is 32.9 Å². The number of carbonyl (C=O) groups is 1. The molecule has 0 aliphatic carbocycles. The SMILES string of the molecule is CC(C)(C)c1cccc(NC2CCN(S(=O)(=O)c3ccc(Cc4cc([N+](=O)[O-])ccc4C(N)=O)s3)CC2)c1. The lowest BCUT2D eigenvalue weighted by molar-refractivity contribution is -0.384. The smallest absolute Gasteiger partial charge is 0.269 e. The van der Waals surface area contributed by atoms with Crippen molar-refractivity contribution in [1.29, 1.82) is 0 Å². The first-order valence-electron chi connectivity index (χ1n) is 12.4. The van der Waals surface area contributed by atoms with Crippen LogP contribution in [-0.4, -0.2) is 42.7 Å². The summed E-state index contributed by atoms with van der Waals surface area (Å²) in [6.07, 6.45) is 1.54. The van der Waals surface area contributed by atoms with Crippen LogP contribution in [0.1, 0.15) is 60.0 Å². The highest BCUT2D eigenvalue weighted by Gasteiger charge is 2.31. The molecular formula is C27H32N4O5S2. The fourth-order valence-corrected chi connectivity index (χ4v) is 7.54. The molecule has 1 aliphatic rings. The van der Waals surface area contributed by atoms with E-state index in [0.29, 0.717) is 36.4 Å². The van der Waals surface area contributed by atoms with Gasteiger partial charge in [0, 0.05) is 53.8 Å². The monoisotopic (exact) mass is 556 g/mol. The lowest BCUT2D eigenvalue weighted by atomic mass is 9.87. The number of hydrogen-bond acceptors (Lipinski definition) is 7. The van der Waals surface area contributed by atoms with Gasteiger partial charge < -0.3 is 11.1 Å². The van der Waals surface area contributed by atoms with Crippen LogP contribution in [0.15, 0.2) is 58.8 Å². The number of nitrogens with zero attached hydrogens (tertiary/aromatic N) is 2. The number of carbonyl (C=O) groups excluding carboxylic acids is 1. The van der Waals surface area contributed by atoms with E-state index in [9.17, 15) is 23.3 Å². The maximum absolute atomic E-state index is 13.3. The Morgan fingerprint density at radius 3 is 2.47 bits per heavy atom. The maximum atomic E-state index is 13.3. The molecule has 2 aromatic carbocycles. The molecule has 0 saturated carbocycles. The second-order valence-electron chi connectivity index (χ2n) is 10.5. The second kappa shape index (κ2) is 10.8. The summed E-state index contributed by atoms with van der Waals surface area (Å²) in [6, 6.07) is 15.6. The summed E-state index contributed by atoms with van der Waals surface area (Å²) in [4.78, 5) is 23.1. The number of benzene rings is 2. The first-order chi connectivity index (χ1) is 17.8. The predicted octanol–water partition coefficient (Wildman–Crippen LogP) is 4.91. The molecule has 0 spiro atoms. The fourth-order valence-electron chi connectivity index (χ4n) is 4.54. The van der Waals surface area contributed by atoms with Crippen LogP contribution in [0, 0.1) is 10.1 Å². The maximum Gasteiger partial charge on any atom is 0.269 e. The molecule has 0 atom stereocenters. The van der Waals surface area contributed by atoms with Crippen LogP contribution in [-0.2, 0) is 21.9 Å². The van der Waals surface area contributed by atoms with Crippen molar-refractivity contribution in [3.05, 3.63) is 86.3 Å². The zero-order valence-electron chi connectivity index (χ0n) is 21.6. The van der Waals surface area contributed by atoms with Crippen LogP contribution in [0.3, 0.4) is 0 Å². The molecule has 1 aromatic heterocycles. The van der Waals surface area contributed by atoms with E-state index in [-0.39, 0.29) is 33.3 Å². The topological polar surface area (TPSA) is 136 Å². The average Bonchev–Trinajstić information content (AvgIpc) is 3.33. The van der Waals surface area contributed by atoms with E-state index in [1.807, 2.05) is 12.1 Å². The van der Waals surface area contributed by atoms with Crippen molar-refractivity contribution in [3.63, 3.8) is 0 Å². The molecule has 3 N–H and O–H groups in total. The number of nitrogens with one attached hydrogen (secondary N) is 1. The van der Waals surface area contributed by atoms with Gasteiger partial charge in [0.25, 0.3) is 15.7 Å². The molecule has 1 aliphatic heterocycles. The predicted molar refractivity (Wildman–Crippen MR) is 149 cm³/mol. The molecule has 38 heavy (non-hydrogen) atoms. The van der Waals surface area contributed by atoms with Crippen molar-refractivity contribution < 1.29 is 18.1 Å². The van der Waals surface area contributed by atoms with Gasteiger partial charge in [-0.05, 0) is 59.7 Å². The third-order valence-electron chi connectivity index (χ3n) is 6.71. The summed E-state index contributed by atoms with van der Waals surface area (Å²) in [7, 11) is -3.68. The third kappa shape index (κ3) is 6.23. The Morgan fingerprint density at radius 2 is 1.84 bits per heavy atom. The van der Waals surface area contributed by atoms with E-state index in [4.69, 9.17) is 5.73 Å². The third-order valence-corrected chi connectivity index (χ3v) is 10.2. The number of nitro groups is 1. The van der Waals surface area contributed by atoms with Crippen LogP contribution < -0.4 is 11.1 Å². The lowest BCUT2D eigenvalue weighted by Crippen LogP contribution is -2.42. The minimum atomic E-state index is -3.68. The Balaban J connectivity index is 1.42. The molecule has 11 heteroatoms. The standard InChI is InChI=1S/C27H32N4O5S2/c1-27(2,3)19-5-4-6-21(17-19)29-20-11-13-30(14-12-20)38(35,36)25-10-8-23(37-25)16-18-15-22(31(33)34)7-9-24(18)26(28)32/h4-10,15,17,20,29H,11-14,16H2,1-3H3,(H2,28,32). The summed E-state index contributed by atoms with van der Waals surface area (Å²) < 4.78 is 28.4. The van der Waals surface area contributed by atoms with Gasteiger partial charge in [-0.25, -0.2) is 8.42 Å². The Labute approximate surface area is 226 Å². The minimum Gasteiger partial charge on any atom is -0.382 e. The highest BCUT2D eigenvalue weighted by atomic mass is 32.2. The zero-order valence-corrected chi connectivity index (χ0v) is 23.3. The van der Waals surface area contributed by atoms with Crippen LogP contribution in [0.25, 0.3) is 0 Å². The number of piperidine rings is 1. The van der Waals surface area contributed by atoms with Crippen molar-refractivity contribution in [2.24, 2.45) is 5.73 Å². The van der Waals surface area contributed by atoms with E-state index in [1.165, 1.54) is 28.1 Å². The number of primary amides is 1. The summed E-state index contributed by atoms with van der Waals surface area (Å²) in [5, 5.41) is 14.7. The van der Waals surface area contributed by atoms with E-state index in [2.05, 4.69) is 38.2 Å². The van der Waals surface area contributed by atoms with Crippen molar-refractivity contribution in [1.82, 2.24) is 4.31 Å². The molecular weight excluding hydrogens is 524 g/mol. The molecule has 1 amide bonds. The first-order valence-corrected chi connectivity index (χ1v) is 14.6. The summed E-state index contributed by atoms with van der Waals surface area (Å²) in [6.45, 7) is 7.33. The molecule has 0 radical (unpaired) electrons. The number of anilines is 1. The largest absolute Gasteiger partial charge is 0.382 e. The fraction of sp³-hybridized carbons (Fsp3) is 0.370. The molecule has 4 rings (SSSR count). The number of amides is 1. The van der Waals surface area contributed by atoms with Gasteiger partial charge >= 0.3 is 0 Å². The first kappa shape index (κ1) is 27.7. The van der Waals surface area contributed by atoms with Gasteiger partial charge in [0.05, 0.1) is 4.92 Å². The highest BCUT2D eigenvalue weighted by Crippen LogP contribution is 2.31. The highest BCUT2D eigenvalue weighted by molar-refractivity contribution is 7.91. The number of rotatable bonds is 8. The number of hydrogen-bond donors (Lipinski definition) is 2. The molecule has 202 valence electrons. The van der Waals surface area contributed by atoms with E-state index >= 15 is 0 Å². The Hall–Kier alpha value is -3.28.